The van der Waals surface area contributed by atoms with E-state index >= 15 is 0 Å². The fraction of sp³-hybridized carbons (Fsp3) is 0.556. The predicted molar refractivity (Wildman–Crippen MR) is 54.8 cm³/mol. The van der Waals surface area contributed by atoms with Crippen LogP contribution in [-0.2, 0) is 4.74 Å². The third-order valence-electron chi connectivity index (χ3n) is 2.68. The molecule has 100 valence electrons. The second kappa shape index (κ2) is 4.59. The van der Waals surface area contributed by atoms with Crippen molar-refractivity contribution in [1.82, 2.24) is 9.55 Å². The molecule has 0 spiro atoms. The number of hydrogen-bond donors (Lipinski definition) is 3. The predicted octanol–water partition coefficient (Wildman–Crippen LogP) is -1.45. The molecule has 1 fully saturated rings. The fourth-order valence-electron chi connectivity index (χ4n) is 1.72. The summed E-state index contributed by atoms with van der Waals surface area (Å²) in [6.45, 7) is -0.627. The molecule has 4 atom stereocenters. The third kappa shape index (κ3) is 1.96. The molecule has 0 aliphatic carbocycles. The molecule has 1 aromatic rings. The van der Waals surface area contributed by atoms with Gasteiger partial charge in [0.1, 0.15) is 12.2 Å². The van der Waals surface area contributed by atoms with Crippen LogP contribution in [0.3, 0.4) is 0 Å². The Morgan fingerprint density at radius 1 is 1.61 bits per heavy atom. The number of aliphatic hydroxyl groups is 2. The van der Waals surface area contributed by atoms with Crippen molar-refractivity contribution >= 4 is 5.82 Å². The number of hydrogen-bond acceptors (Lipinski definition) is 6. The van der Waals surface area contributed by atoms with E-state index in [1.54, 1.807) is 0 Å². The van der Waals surface area contributed by atoms with E-state index in [1.165, 1.54) is 0 Å². The van der Waals surface area contributed by atoms with Gasteiger partial charge in [0.15, 0.2) is 24.0 Å². The molecule has 1 aliphatic heterocycles. The SMILES string of the molecule is Nc1nc(=O)n([C@@H]2OC(CO)[C@H](O)C2F)cc1F. The monoisotopic (exact) mass is 263 g/mol. The lowest BCUT2D eigenvalue weighted by Crippen LogP contribution is -2.34. The van der Waals surface area contributed by atoms with E-state index in [2.05, 4.69) is 4.98 Å². The van der Waals surface area contributed by atoms with Crippen LogP contribution in [0.15, 0.2) is 11.0 Å². The quantitative estimate of drug-likeness (QED) is 0.602. The van der Waals surface area contributed by atoms with Crippen LogP contribution in [-0.4, -0.2) is 44.8 Å². The fourth-order valence-corrected chi connectivity index (χ4v) is 1.72. The molecule has 0 aromatic carbocycles. The minimum absolute atomic E-state index is 0.551. The zero-order valence-corrected chi connectivity index (χ0v) is 9.03. The first-order valence-corrected chi connectivity index (χ1v) is 5.08. The van der Waals surface area contributed by atoms with Crippen molar-refractivity contribution in [2.75, 3.05) is 12.3 Å². The Labute approximate surface area is 99.4 Å². The summed E-state index contributed by atoms with van der Waals surface area (Å²) < 4.78 is 32.4. The molecule has 18 heavy (non-hydrogen) atoms. The maximum absolute atomic E-state index is 13.7. The molecule has 7 nitrogen and oxygen atoms in total. The highest BCUT2D eigenvalue weighted by molar-refractivity contribution is 5.26. The number of aromatic nitrogens is 2. The van der Waals surface area contributed by atoms with Gasteiger partial charge < -0.3 is 20.7 Å². The highest BCUT2D eigenvalue weighted by atomic mass is 19.1. The number of alkyl halides is 1. The van der Waals surface area contributed by atoms with Gasteiger partial charge in [-0.1, -0.05) is 0 Å². The maximum Gasteiger partial charge on any atom is 0.351 e. The molecule has 0 saturated carbocycles. The Balaban J connectivity index is 2.39. The first kappa shape index (κ1) is 12.9. The molecule has 9 heteroatoms. The molecule has 2 heterocycles. The van der Waals surface area contributed by atoms with Gasteiger partial charge in [-0.3, -0.25) is 4.57 Å². The lowest BCUT2D eigenvalue weighted by atomic mass is 10.1. The summed E-state index contributed by atoms with van der Waals surface area (Å²) >= 11 is 0. The molecule has 0 radical (unpaired) electrons. The lowest BCUT2D eigenvalue weighted by Gasteiger charge is -2.15. The van der Waals surface area contributed by atoms with Gasteiger partial charge in [-0.15, -0.1) is 0 Å². The van der Waals surface area contributed by atoms with Crippen LogP contribution in [0.2, 0.25) is 0 Å². The van der Waals surface area contributed by atoms with Crippen LogP contribution in [0, 0.1) is 5.82 Å². The number of ether oxygens (including phenoxy) is 1. The molecule has 1 aromatic heterocycles. The Morgan fingerprint density at radius 2 is 2.28 bits per heavy atom. The van der Waals surface area contributed by atoms with Crippen molar-refractivity contribution in [2.24, 2.45) is 0 Å². The van der Waals surface area contributed by atoms with Crippen LogP contribution in [0.5, 0.6) is 0 Å². The number of halogens is 2. The van der Waals surface area contributed by atoms with Crippen LogP contribution in [0.1, 0.15) is 6.23 Å². The molecule has 4 N–H and O–H groups in total. The average molecular weight is 263 g/mol. The molecule has 1 aliphatic rings. The van der Waals surface area contributed by atoms with Gasteiger partial charge in [0.2, 0.25) is 0 Å². The van der Waals surface area contributed by atoms with E-state index in [0.717, 1.165) is 0 Å². The van der Waals surface area contributed by atoms with Gasteiger partial charge >= 0.3 is 5.69 Å². The summed E-state index contributed by atoms with van der Waals surface area (Å²) in [5, 5.41) is 18.2. The van der Waals surface area contributed by atoms with E-state index in [4.69, 9.17) is 15.6 Å². The molecular formula is C9H11F2N3O4. The second-order valence-corrected chi connectivity index (χ2v) is 3.85. The molecule has 2 rings (SSSR count). The van der Waals surface area contributed by atoms with Gasteiger partial charge in [0.25, 0.3) is 0 Å². The summed E-state index contributed by atoms with van der Waals surface area (Å²) in [5.41, 5.74) is 4.07. The molecule has 1 saturated heterocycles. The van der Waals surface area contributed by atoms with Crippen LogP contribution < -0.4 is 11.4 Å². The number of nitrogens with zero attached hydrogens (tertiary/aromatic N) is 2. The Morgan fingerprint density at radius 3 is 2.83 bits per heavy atom. The van der Waals surface area contributed by atoms with Gasteiger partial charge in [-0.25, -0.2) is 13.6 Å². The first-order valence-electron chi connectivity index (χ1n) is 5.08. The van der Waals surface area contributed by atoms with Crippen molar-refractivity contribution in [2.45, 2.75) is 24.6 Å². The van der Waals surface area contributed by atoms with E-state index in [9.17, 15) is 18.7 Å². The summed E-state index contributed by atoms with van der Waals surface area (Å²) in [6, 6.07) is 0. The van der Waals surface area contributed by atoms with Crippen molar-refractivity contribution in [3.8, 4) is 0 Å². The number of nitrogens with two attached hydrogens (primary N) is 1. The lowest BCUT2D eigenvalue weighted by molar-refractivity contribution is -0.0494. The van der Waals surface area contributed by atoms with Gasteiger partial charge in [-0.2, -0.15) is 4.98 Å². The largest absolute Gasteiger partial charge is 0.394 e. The summed E-state index contributed by atoms with van der Waals surface area (Å²) in [7, 11) is 0. The summed E-state index contributed by atoms with van der Waals surface area (Å²) in [4.78, 5) is 14.6. The highest BCUT2D eigenvalue weighted by Crippen LogP contribution is 2.30. The number of aliphatic hydroxyl groups excluding tert-OH is 2. The number of nitrogen functional groups attached to an aromatic ring is 1. The van der Waals surface area contributed by atoms with E-state index in [-0.39, 0.29) is 0 Å². The van der Waals surface area contributed by atoms with Gasteiger partial charge in [0, 0.05) is 0 Å². The smallest absolute Gasteiger partial charge is 0.351 e. The zero-order chi connectivity index (χ0) is 13.4. The second-order valence-electron chi connectivity index (χ2n) is 3.85. The van der Waals surface area contributed by atoms with Crippen molar-refractivity contribution < 1.29 is 23.7 Å². The van der Waals surface area contributed by atoms with Crippen LogP contribution in [0.25, 0.3) is 0 Å². The van der Waals surface area contributed by atoms with Crippen molar-refractivity contribution in [3.63, 3.8) is 0 Å². The topological polar surface area (TPSA) is 111 Å². The van der Waals surface area contributed by atoms with Crippen molar-refractivity contribution in [1.29, 1.82) is 0 Å². The van der Waals surface area contributed by atoms with Gasteiger partial charge in [-0.05, 0) is 0 Å². The Bertz CT molecular complexity index is 509. The Hall–Kier alpha value is -1.58. The summed E-state index contributed by atoms with van der Waals surface area (Å²) in [5.74, 6) is -1.61. The van der Waals surface area contributed by atoms with E-state index in [1.807, 2.05) is 0 Å². The van der Waals surface area contributed by atoms with E-state index < -0.39 is 48.5 Å². The maximum atomic E-state index is 13.7. The molecule has 0 bridgehead atoms. The average Bonchev–Trinajstić information content (AvgIpc) is 2.61. The minimum atomic E-state index is -1.98. The molecular weight excluding hydrogens is 252 g/mol. The van der Waals surface area contributed by atoms with Crippen molar-refractivity contribution in [3.05, 3.63) is 22.5 Å². The minimum Gasteiger partial charge on any atom is -0.394 e. The van der Waals surface area contributed by atoms with E-state index in [0.29, 0.717) is 10.8 Å². The third-order valence-corrected chi connectivity index (χ3v) is 2.68. The summed E-state index contributed by atoms with van der Waals surface area (Å²) in [6.07, 6.45) is -5.67. The highest BCUT2D eigenvalue weighted by Gasteiger charge is 2.45. The van der Waals surface area contributed by atoms with Crippen LogP contribution >= 0.6 is 0 Å². The first-order chi connectivity index (χ1) is 8.45. The van der Waals surface area contributed by atoms with Gasteiger partial charge in [0.05, 0.1) is 12.8 Å². The normalized spacial score (nSPS) is 31.8. The number of anilines is 1. The van der Waals surface area contributed by atoms with Crippen LogP contribution in [0.4, 0.5) is 14.6 Å². The molecule has 2 unspecified atom stereocenters. The number of rotatable bonds is 2. The zero-order valence-electron chi connectivity index (χ0n) is 9.03. The molecule has 0 amide bonds. The Kier molecular flexibility index (Phi) is 3.28. The standard InChI is InChI=1S/C9H11F2N3O4/c10-3-1-14(9(17)13-7(3)12)8-5(11)6(16)4(2-15)18-8/h1,4-6,8,15-16H,2H2,(H2,12,13,17)/t4?,5?,6-,8+/m0/s1.